The number of nitrogens with one attached hydrogen (secondary N) is 2. The molecule has 0 radical (unpaired) electrons. The van der Waals surface area contributed by atoms with Crippen molar-refractivity contribution in [1.29, 1.82) is 0 Å². The van der Waals surface area contributed by atoms with Crippen molar-refractivity contribution < 1.29 is 22.7 Å². The number of aryl methyl sites for hydroxylation is 1. The van der Waals surface area contributed by atoms with Gasteiger partial charge in [-0.3, -0.25) is 4.90 Å². The van der Waals surface area contributed by atoms with Crippen molar-refractivity contribution in [2.24, 2.45) is 0 Å². The van der Waals surface area contributed by atoms with Crippen LogP contribution in [-0.4, -0.2) is 46.0 Å². The predicted octanol–water partition coefficient (Wildman–Crippen LogP) is 1.64. The molecule has 134 valence electrons. The van der Waals surface area contributed by atoms with Gasteiger partial charge < -0.3 is 15.4 Å². The highest BCUT2D eigenvalue weighted by atomic mass is 32.2. The summed E-state index contributed by atoms with van der Waals surface area (Å²) in [5.41, 5.74) is 2.29. The highest BCUT2D eigenvalue weighted by Gasteiger charge is 2.25. The number of amides is 3. The summed E-state index contributed by atoms with van der Waals surface area (Å²) in [6.07, 6.45) is 2.65. The smallest absolute Gasteiger partial charge is 0.414 e. The second kappa shape index (κ2) is 6.75. The number of fused-ring (bicyclic) bond motifs is 1. The van der Waals surface area contributed by atoms with Gasteiger partial charge in [0.25, 0.3) is 0 Å². The molecule has 3 rings (SSSR count). The van der Waals surface area contributed by atoms with Crippen LogP contribution in [0.3, 0.4) is 0 Å². The fourth-order valence-corrected chi connectivity index (χ4v) is 4.21. The number of carbonyl (C=O) groups excluding carboxylic acids is 2. The van der Waals surface area contributed by atoms with E-state index in [1.807, 2.05) is 6.07 Å². The lowest BCUT2D eigenvalue weighted by molar-refractivity contribution is 0.178. The fourth-order valence-electron chi connectivity index (χ4n) is 2.98. The molecule has 1 aromatic carbocycles. The molecule has 0 saturated carbocycles. The minimum absolute atomic E-state index is 0.126. The van der Waals surface area contributed by atoms with Gasteiger partial charge in [-0.25, -0.2) is 18.0 Å². The van der Waals surface area contributed by atoms with E-state index in [0.717, 1.165) is 29.5 Å². The van der Waals surface area contributed by atoms with E-state index in [4.69, 9.17) is 4.74 Å². The standard InChI is InChI=1S/C16H19N3O5S/c1-24-16(21)19-7-2-3-11-9-12(4-5-14(11)19)17-15(20)18-13-6-8-25(22,23)10-13/h4-6,8-9,13H,2-3,7,10H2,1H3,(H2,17,18,20)/t13-/m0/s1. The molecule has 25 heavy (non-hydrogen) atoms. The van der Waals surface area contributed by atoms with Gasteiger partial charge in [0.15, 0.2) is 9.84 Å². The Kier molecular flexibility index (Phi) is 4.67. The Bertz CT molecular complexity index is 834. The monoisotopic (exact) mass is 365 g/mol. The largest absolute Gasteiger partial charge is 0.452 e. The zero-order valence-corrected chi connectivity index (χ0v) is 14.5. The maximum atomic E-state index is 12.0. The molecule has 9 heteroatoms. The van der Waals surface area contributed by atoms with E-state index in [1.54, 1.807) is 17.0 Å². The summed E-state index contributed by atoms with van der Waals surface area (Å²) in [6.45, 7) is 0.593. The number of anilines is 2. The third-order valence-electron chi connectivity index (χ3n) is 4.10. The summed E-state index contributed by atoms with van der Waals surface area (Å²) in [6, 6.07) is 4.26. The van der Waals surface area contributed by atoms with Crippen LogP contribution in [0.1, 0.15) is 12.0 Å². The van der Waals surface area contributed by atoms with E-state index < -0.39 is 28.0 Å². The number of rotatable bonds is 2. The summed E-state index contributed by atoms with van der Waals surface area (Å²) >= 11 is 0. The Labute approximate surface area is 145 Å². The number of methoxy groups -OCH3 is 1. The average molecular weight is 365 g/mol. The molecule has 8 nitrogen and oxygen atoms in total. The van der Waals surface area contributed by atoms with Crippen molar-refractivity contribution in [3.05, 3.63) is 35.2 Å². The Balaban J connectivity index is 1.67. The SMILES string of the molecule is COC(=O)N1CCCc2cc(NC(=O)N[C@H]3C=CS(=O)(=O)C3)ccc21. The maximum Gasteiger partial charge on any atom is 0.414 e. The van der Waals surface area contributed by atoms with Crippen LogP contribution >= 0.6 is 0 Å². The molecule has 1 aromatic rings. The molecule has 0 saturated heterocycles. The van der Waals surface area contributed by atoms with E-state index >= 15 is 0 Å². The normalized spacial score (nSPS) is 20.7. The molecule has 0 fully saturated rings. The molecule has 3 amide bonds. The first-order chi connectivity index (χ1) is 11.9. The van der Waals surface area contributed by atoms with Crippen LogP contribution in [0.2, 0.25) is 0 Å². The topological polar surface area (TPSA) is 105 Å². The van der Waals surface area contributed by atoms with Gasteiger partial charge in [0.1, 0.15) is 0 Å². The zero-order valence-electron chi connectivity index (χ0n) is 13.7. The van der Waals surface area contributed by atoms with Crippen molar-refractivity contribution in [2.45, 2.75) is 18.9 Å². The molecule has 0 aliphatic carbocycles. The van der Waals surface area contributed by atoms with E-state index in [1.165, 1.54) is 13.2 Å². The van der Waals surface area contributed by atoms with Crippen LogP contribution in [-0.2, 0) is 21.0 Å². The number of benzene rings is 1. The van der Waals surface area contributed by atoms with Crippen LogP contribution in [0, 0.1) is 0 Å². The fraction of sp³-hybridized carbons (Fsp3) is 0.375. The Morgan fingerprint density at radius 3 is 2.80 bits per heavy atom. The third kappa shape index (κ3) is 3.93. The van der Waals surface area contributed by atoms with Crippen LogP contribution < -0.4 is 15.5 Å². The van der Waals surface area contributed by atoms with Crippen molar-refractivity contribution in [3.8, 4) is 0 Å². The first-order valence-corrected chi connectivity index (χ1v) is 9.56. The third-order valence-corrected chi connectivity index (χ3v) is 5.49. The van der Waals surface area contributed by atoms with Gasteiger partial charge in [-0.1, -0.05) is 0 Å². The number of hydrogen-bond acceptors (Lipinski definition) is 5. The number of carbonyl (C=O) groups is 2. The Hall–Kier alpha value is -2.55. The lowest BCUT2D eigenvalue weighted by atomic mass is 10.0. The molecular weight excluding hydrogens is 346 g/mol. The number of sulfone groups is 1. The second-order valence-corrected chi connectivity index (χ2v) is 7.86. The summed E-state index contributed by atoms with van der Waals surface area (Å²) < 4.78 is 27.5. The summed E-state index contributed by atoms with van der Waals surface area (Å²) in [5.74, 6) is -0.126. The maximum absolute atomic E-state index is 12.0. The van der Waals surface area contributed by atoms with E-state index in [-0.39, 0.29) is 5.75 Å². The molecule has 2 aliphatic rings. The molecule has 0 spiro atoms. The van der Waals surface area contributed by atoms with Crippen molar-refractivity contribution >= 4 is 33.3 Å². The van der Waals surface area contributed by atoms with E-state index in [0.29, 0.717) is 12.2 Å². The Morgan fingerprint density at radius 1 is 1.32 bits per heavy atom. The van der Waals surface area contributed by atoms with E-state index in [9.17, 15) is 18.0 Å². The van der Waals surface area contributed by atoms with Crippen LogP contribution in [0.4, 0.5) is 21.0 Å². The average Bonchev–Trinajstić information content (AvgIpc) is 2.91. The molecule has 1 atom stereocenters. The highest BCUT2D eigenvalue weighted by Crippen LogP contribution is 2.30. The molecule has 0 bridgehead atoms. The quantitative estimate of drug-likeness (QED) is 0.829. The second-order valence-electron chi connectivity index (χ2n) is 5.93. The van der Waals surface area contributed by atoms with Gasteiger partial charge in [-0.05, 0) is 42.7 Å². The molecule has 0 unspecified atom stereocenters. The van der Waals surface area contributed by atoms with Gasteiger partial charge in [-0.15, -0.1) is 0 Å². The molecule has 0 aromatic heterocycles. The van der Waals surface area contributed by atoms with Gasteiger partial charge in [-0.2, -0.15) is 0 Å². The van der Waals surface area contributed by atoms with Crippen LogP contribution in [0.25, 0.3) is 0 Å². The molecule has 2 heterocycles. The number of ether oxygens (including phenoxy) is 1. The van der Waals surface area contributed by atoms with Gasteiger partial charge in [0.05, 0.1) is 24.6 Å². The number of urea groups is 1. The summed E-state index contributed by atoms with van der Waals surface area (Å²) in [7, 11) is -1.87. The Morgan fingerprint density at radius 2 is 2.12 bits per heavy atom. The van der Waals surface area contributed by atoms with E-state index in [2.05, 4.69) is 10.6 Å². The van der Waals surface area contributed by atoms with Gasteiger partial charge >= 0.3 is 12.1 Å². The van der Waals surface area contributed by atoms with Crippen LogP contribution in [0.5, 0.6) is 0 Å². The van der Waals surface area contributed by atoms with Gasteiger partial charge in [0, 0.05) is 17.6 Å². The molecule has 2 N–H and O–H groups in total. The van der Waals surface area contributed by atoms with Crippen molar-refractivity contribution in [1.82, 2.24) is 5.32 Å². The first-order valence-electron chi connectivity index (χ1n) is 7.85. The minimum atomic E-state index is -3.22. The lowest BCUT2D eigenvalue weighted by Crippen LogP contribution is -2.38. The van der Waals surface area contributed by atoms with Crippen LogP contribution in [0.15, 0.2) is 29.7 Å². The minimum Gasteiger partial charge on any atom is -0.452 e. The molecular formula is C16H19N3O5S. The molecule has 2 aliphatic heterocycles. The summed E-state index contributed by atoms with van der Waals surface area (Å²) in [4.78, 5) is 25.4. The van der Waals surface area contributed by atoms with Crippen molar-refractivity contribution in [3.63, 3.8) is 0 Å². The zero-order chi connectivity index (χ0) is 18.0. The number of hydrogen-bond donors (Lipinski definition) is 2. The van der Waals surface area contributed by atoms with Crippen molar-refractivity contribution in [2.75, 3.05) is 29.6 Å². The predicted molar refractivity (Wildman–Crippen MR) is 93.4 cm³/mol. The lowest BCUT2D eigenvalue weighted by Gasteiger charge is -2.28. The van der Waals surface area contributed by atoms with Gasteiger partial charge in [0.2, 0.25) is 0 Å². The summed E-state index contributed by atoms with van der Waals surface area (Å²) in [5, 5.41) is 6.40. The number of nitrogens with zero attached hydrogens (tertiary/aromatic N) is 1. The highest BCUT2D eigenvalue weighted by molar-refractivity contribution is 7.94. The first kappa shape index (κ1) is 17.3.